The van der Waals surface area contributed by atoms with Gasteiger partial charge < -0.3 is 19.9 Å². The molecule has 0 fully saturated rings. The Bertz CT molecular complexity index is 706. The molecule has 0 spiro atoms. The van der Waals surface area contributed by atoms with Gasteiger partial charge in [0, 0.05) is 38.4 Å². The Morgan fingerprint density at radius 1 is 1.30 bits per heavy atom. The average molecular weight is 483 g/mol. The van der Waals surface area contributed by atoms with Gasteiger partial charge in [-0.25, -0.2) is 9.98 Å². The zero-order valence-corrected chi connectivity index (χ0v) is 18.5. The fraction of sp³-hybridized carbons (Fsp3) is 0.500. The number of rotatable bonds is 8. The van der Waals surface area contributed by atoms with Crippen molar-refractivity contribution in [2.75, 3.05) is 19.6 Å². The van der Waals surface area contributed by atoms with Crippen LogP contribution in [0.2, 0.25) is 0 Å². The van der Waals surface area contributed by atoms with Crippen LogP contribution in [0.4, 0.5) is 0 Å². The quantitative estimate of drug-likeness (QED) is 0.262. The fourth-order valence-electron chi connectivity index (χ4n) is 3.14. The molecule has 0 saturated carbocycles. The zero-order valence-electron chi connectivity index (χ0n) is 16.1. The Hall–Kier alpha value is -1.77. The normalized spacial score (nSPS) is 15.6. The van der Waals surface area contributed by atoms with E-state index in [4.69, 9.17) is 9.73 Å². The highest BCUT2D eigenvalue weighted by Gasteiger charge is 2.21. The van der Waals surface area contributed by atoms with E-state index in [1.807, 2.05) is 31.5 Å². The molecule has 2 N–H and O–H groups in total. The fourth-order valence-corrected chi connectivity index (χ4v) is 3.14. The number of aryl methyl sites for hydroxylation is 2. The Labute approximate surface area is 178 Å². The van der Waals surface area contributed by atoms with E-state index < -0.39 is 0 Å². The number of para-hydroxylation sites is 1. The first-order valence-corrected chi connectivity index (χ1v) is 9.50. The third-order valence-electron chi connectivity index (χ3n) is 4.55. The molecule has 148 valence electrons. The molecule has 1 aromatic carbocycles. The van der Waals surface area contributed by atoms with Crippen LogP contribution in [-0.2, 0) is 13.0 Å². The van der Waals surface area contributed by atoms with Crippen molar-refractivity contribution in [2.24, 2.45) is 4.99 Å². The molecule has 2 aromatic rings. The lowest BCUT2D eigenvalue weighted by molar-refractivity contribution is 0.241. The number of hydrogen-bond donors (Lipinski definition) is 2. The summed E-state index contributed by atoms with van der Waals surface area (Å²) in [6.45, 7) is 7.56. The number of halogens is 1. The summed E-state index contributed by atoms with van der Waals surface area (Å²) in [5, 5.41) is 6.73. The van der Waals surface area contributed by atoms with Crippen molar-refractivity contribution >= 4 is 29.9 Å². The van der Waals surface area contributed by atoms with Crippen LogP contribution in [0.5, 0.6) is 5.75 Å². The maximum Gasteiger partial charge on any atom is 0.191 e. The predicted octanol–water partition coefficient (Wildman–Crippen LogP) is 3.15. The van der Waals surface area contributed by atoms with Gasteiger partial charge in [-0.05, 0) is 38.3 Å². The molecule has 27 heavy (non-hydrogen) atoms. The van der Waals surface area contributed by atoms with Gasteiger partial charge in [0.2, 0.25) is 0 Å². The summed E-state index contributed by atoms with van der Waals surface area (Å²) < 4.78 is 8.15. The first kappa shape index (κ1) is 21.5. The standard InChI is InChI=1S/C20H29N5O.HI/c1-3-21-20(23-10-6-7-12-25-13-11-22-16(25)2)24-15-18-14-17-8-4-5-9-19(17)26-18;/h4-5,8-9,11,13,18H,3,6-7,10,12,14-15H2,1-2H3,(H2,21,23,24);1H. The van der Waals surface area contributed by atoms with Crippen molar-refractivity contribution in [3.05, 3.63) is 48.0 Å². The summed E-state index contributed by atoms with van der Waals surface area (Å²) in [5.41, 5.74) is 1.28. The Balaban J connectivity index is 0.00000261. The molecule has 3 rings (SSSR count). The molecule has 0 radical (unpaired) electrons. The van der Waals surface area contributed by atoms with Crippen molar-refractivity contribution in [3.63, 3.8) is 0 Å². The zero-order chi connectivity index (χ0) is 18.2. The van der Waals surface area contributed by atoms with Crippen molar-refractivity contribution in [1.82, 2.24) is 20.2 Å². The van der Waals surface area contributed by atoms with Crippen molar-refractivity contribution < 1.29 is 4.74 Å². The predicted molar refractivity (Wildman–Crippen MR) is 120 cm³/mol. The van der Waals surface area contributed by atoms with Crippen molar-refractivity contribution in [1.29, 1.82) is 0 Å². The van der Waals surface area contributed by atoms with E-state index in [9.17, 15) is 0 Å². The summed E-state index contributed by atoms with van der Waals surface area (Å²) in [7, 11) is 0. The highest BCUT2D eigenvalue weighted by atomic mass is 127. The van der Waals surface area contributed by atoms with Gasteiger partial charge in [-0.2, -0.15) is 0 Å². The minimum Gasteiger partial charge on any atom is -0.488 e. The van der Waals surface area contributed by atoms with Crippen LogP contribution in [0.3, 0.4) is 0 Å². The molecule has 0 aliphatic carbocycles. The van der Waals surface area contributed by atoms with Gasteiger partial charge in [-0.15, -0.1) is 24.0 Å². The number of unbranched alkanes of at least 4 members (excludes halogenated alkanes) is 1. The topological polar surface area (TPSA) is 63.5 Å². The lowest BCUT2D eigenvalue weighted by atomic mass is 10.1. The molecule has 1 aliphatic heterocycles. The van der Waals surface area contributed by atoms with Crippen LogP contribution < -0.4 is 15.4 Å². The first-order valence-electron chi connectivity index (χ1n) is 9.50. The average Bonchev–Trinajstić information content (AvgIpc) is 3.25. The van der Waals surface area contributed by atoms with Crippen LogP contribution in [-0.4, -0.2) is 41.2 Å². The number of guanidine groups is 1. The number of imidazole rings is 1. The lowest BCUT2D eigenvalue weighted by Gasteiger charge is -2.13. The molecule has 6 nitrogen and oxygen atoms in total. The molecule has 0 amide bonds. The Morgan fingerprint density at radius 2 is 2.15 bits per heavy atom. The molecular formula is C20H30IN5O. The van der Waals surface area contributed by atoms with Crippen LogP contribution in [0.15, 0.2) is 41.7 Å². The summed E-state index contributed by atoms with van der Waals surface area (Å²) >= 11 is 0. The van der Waals surface area contributed by atoms with E-state index in [1.165, 1.54) is 5.56 Å². The molecule has 0 bridgehead atoms. The summed E-state index contributed by atoms with van der Waals surface area (Å²) in [5.74, 6) is 2.94. The largest absolute Gasteiger partial charge is 0.488 e. The third-order valence-corrected chi connectivity index (χ3v) is 4.55. The molecule has 1 unspecified atom stereocenters. The lowest BCUT2D eigenvalue weighted by Crippen LogP contribution is -2.38. The SMILES string of the molecule is CCNC(=NCC1Cc2ccccc2O1)NCCCCn1ccnc1C.I. The third kappa shape index (κ3) is 6.41. The minimum absolute atomic E-state index is 0. The number of nitrogens with zero attached hydrogens (tertiary/aromatic N) is 3. The molecule has 1 aliphatic rings. The Morgan fingerprint density at radius 3 is 2.89 bits per heavy atom. The van der Waals surface area contributed by atoms with Crippen molar-refractivity contribution in [3.8, 4) is 5.75 Å². The second-order valence-electron chi connectivity index (χ2n) is 6.57. The number of fused-ring (bicyclic) bond motifs is 1. The minimum atomic E-state index is 0. The maximum atomic E-state index is 5.96. The number of hydrogen-bond acceptors (Lipinski definition) is 3. The highest BCUT2D eigenvalue weighted by Crippen LogP contribution is 2.28. The smallest absolute Gasteiger partial charge is 0.191 e. The van der Waals surface area contributed by atoms with Gasteiger partial charge in [-0.1, -0.05) is 18.2 Å². The van der Waals surface area contributed by atoms with Crippen LogP contribution in [0, 0.1) is 6.92 Å². The highest BCUT2D eigenvalue weighted by molar-refractivity contribution is 14.0. The monoisotopic (exact) mass is 483 g/mol. The van der Waals surface area contributed by atoms with E-state index in [-0.39, 0.29) is 30.1 Å². The second-order valence-corrected chi connectivity index (χ2v) is 6.57. The molecule has 7 heteroatoms. The molecule has 0 saturated heterocycles. The van der Waals surface area contributed by atoms with Gasteiger partial charge >= 0.3 is 0 Å². The van der Waals surface area contributed by atoms with Gasteiger partial charge in [0.1, 0.15) is 17.7 Å². The van der Waals surface area contributed by atoms with Crippen molar-refractivity contribution in [2.45, 2.75) is 45.8 Å². The van der Waals surface area contributed by atoms with Crippen LogP contribution in [0.25, 0.3) is 0 Å². The molecule has 1 atom stereocenters. The van der Waals surface area contributed by atoms with Gasteiger partial charge in [-0.3, -0.25) is 0 Å². The number of nitrogens with one attached hydrogen (secondary N) is 2. The van der Waals surface area contributed by atoms with Gasteiger partial charge in [0.15, 0.2) is 5.96 Å². The van der Waals surface area contributed by atoms with Crippen LogP contribution in [0.1, 0.15) is 31.2 Å². The van der Waals surface area contributed by atoms with Gasteiger partial charge in [0.05, 0.1) is 6.54 Å². The number of benzene rings is 1. The van der Waals surface area contributed by atoms with E-state index in [2.05, 4.69) is 39.2 Å². The van der Waals surface area contributed by atoms with Gasteiger partial charge in [0.25, 0.3) is 0 Å². The number of ether oxygens (including phenoxy) is 1. The first-order chi connectivity index (χ1) is 12.8. The molecule has 2 heterocycles. The van der Waals surface area contributed by atoms with Crippen LogP contribution >= 0.6 is 24.0 Å². The molecular weight excluding hydrogens is 453 g/mol. The maximum absolute atomic E-state index is 5.96. The Kier molecular flexibility index (Phi) is 8.90. The van der Waals surface area contributed by atoms with E-state index >= 15 is 0 Å². The van der Waals surface area contributed by atoms with E-state index in [0.717, 1.165) is 56.4 Å². The van der Waals surface area contributed by atoms with E-state index in [1.54, 1.807) is 0 Å². The molecule has 1 aromatic heterocycles. The second kappa shape index (κ2) is 11.2. The summed E-state index contributed by atoms with van der Waals surface area (Å²) in [6, 6.07) is 8.24. The van der Waals surface area contributed by atoms with E-state index in [0.29, 0.717) is 6.54 Å². The number of aliphatic imine (C=N–C) groups is 1. The number of aromatic nitrogens is 2. The summed E-state index contributed by atoms with van der Waals surface area (Å²) in [6.07, 6.45) is 7.16. The summed E-state index contributed by atoms with van der Waals surface area (Å²) in [4.78, 5) is 8.95.